The SMILES string of the molecule is C[C@@H]1CCCC[NH+]1CC(=O)Nc1ccc(C#N)c(Cl)c1. The summed E-state index contributed by atoms with van der Waals surface area (Å²) in [6, 6.07) is 7.48. The van der Waals surface area contributed by atoms with Gasteiger partial charge in [-0.1, -0.05) is 11.6 Å². The molecule has 1 aliphatic heterocycles. The number of amides is 1. The summed E-state index contributed by atoms with van der Waals surface area (Å²) in [7, 11) is 0. The zero-order valence-electron chi connectivity index (χ0n) is 11.6. The minimum absolute atomic E-state index is 0.00507. The molecule has 1 amide bonds. The van der Waals surface area contributed by atoms with Crippen LogP contribution in [0.5, 0.6) is 0 Å². The smallest absolute Gasteiger partial charge is 0.279 e. The van der Waals surface area contributed by atoms with Crippen LogP contribution in [0.1, 0.15) is 31.7 Å². The molecule has 0 aliphatic carbocycles. The van der Waals surface area contributed by atoms with Crippen molar-refractivity contribution in [2.24, 2.45) is 0 Å². The molecule has 1 aromatic carbocycles. The summed E-state index contributed by atoms with van der Waals surface area (Å²) >= 11 is 5.95. The predicted molar refractivity (Wildman–Crippen MR) is 78.8 cm³/mol. The average molecular weight is 293 g/mol. The molecule has 1 aromatic rings. The van der Waals surface area contributed by atoms with Crippen LogP contribution in [-0.2, 0) is 4.79 Å². The molecule has 0 radical (unpaired) electrons. The van der Waals surface area contributed by atoms with Crippen molar-refractivity contribution in [3.8, 4) is 6.07 Å². The number of nitrogens with zero attached hydrogens (tertiary/aromatic N) is 1. The van der Waals surface area contributed by atoms with E-state index in [0.29, 0.717) is 28.9 Å². The second kappa shape index (κ2) is 6.74. The molecule has 0 spiro atoms. The van der Waals surface area contributed by atoms with Gasteiger partial charge in [0.2, 0.25) is 0 Å². The van der Waals surface area contributed by atoms with Crippen LogP contribution in [0.2, 0.25) is 5.02 Å². The third-order valence-electron chi connectivity index (χ3n) is 3.84. The summed E-state index contributed by atoms with van der Waals surface area (Å²) in [6.07, 6.45) is 3.64. The molecular weight excluding hydrogens is 274 g/mol. The molecule has 20 heavy (non-hydrogen) atoms. The third kappa shape index (κ3) is 3.72. The highest BCUT2D eigenvalue weighted by atomic mass is 35.5. The van der Waals surface area contributed by atoms with Crippen molar-refractivity contribution in [3.63, 3.8) is 0 Å². The number of halogens is 1. The number of nitriles is 1. The molecule has 2 rings (SSSR count). The lowest BCUT2D eigenvalue weighted by Gasteiger charge is -2.29. The number of benzene rings is 1. The Hall–Kier alpha value is -1.57. The maximum atomic E-state index is 12.1. The molecule has 2 atom stereocenters. The van der Waals surface area contributed by atoms with Crippen LogP contribution in [0.3, 0.4) is 0 Å². The number of carbonyl (C=O) groups excluding carboxylic acids is 1. The van der Waals surface area contributed by atoms with Gasteiger partial charge in [0.05, 0.1) is 23.2 Å². The molecule has 5 heteroatoms. The van der Waals surface area contributed by atoms with E-state index >= 15 is 0 Å². The lowest BCUT2D eigenvalue weighted by Crippen LogP contribution is -3.17. The Morgan fingerprint density at radius 2 is 2.35 bits per heavy atom. The number of anilines is 1. The van der Waals surface area contributed by atoms with E-state index in [9.17, 15) is 4.79 Å². The standard InChI is InChI=1S/C15H18ClN3O/c1-11-4-2-3-7-19(11)10-15(20)18-13-6-5-12(9-17)14(16)8-13/h5-6,8,11H,2-4,7,10H2,1H3,(H,18,20)/p+1/t11-/m1/s1. The van der Waals surface area contributed by atoms with Crippen molar-refractivity contribution < 1.29 is 9.69 Å². The lowest BCUT2D eigenvalue weighted by molar-refractivity contribution is -0.920. The molecule has 1 unspecified atom stereocenters. The van der Waals surface area contributed by atoms with Gasteiger partial charge < -0.3 is 10.2 Å². The van der Waals surface area contributed by atoms with E-state index in [1.807, 2.05) is 6.07 Å². The number of hydrogen-bond donors (Lipinski definition) is 2. The minimum atomic E-state index is -0.00507. The van der Waals surface area contributed by atoms with Crippen molar-refractivity contribution in [1.29, 1.82) is 5.26 Å². The Kier molecular flexibility index (Phi) is 4.99. The second-order valence-electron chi connectivity index (χ2n) is 5.34. The van der Waals surface area contributed by atoms with Crippen molar-refractivity contribution >= 4 is 23.2 Å². The Morgan fingerprint density at radius 3 is 3.00 bits per heavy atom. The number of carbonyl (C=O) groups is 1. The Labute approximate surface area is 124 Å². The van der Waals surface area contributed by atoms with Crippen LogP contribution in [-0.4, -0.2) is 25.0 Å². The van der Waals surface area contributed by atoms with Gasteiger partial charge in [-0.3, -0.25) is 4.79 Å². The van der Waals surface area contributed by atoms with Crippen LogP contribution in [0.15, 0.2) is 18.2 Å². The zero-order valence-corrected chi connectivity index (χ0v) is 12.3. The first kappa shape index (κ1) is 14.8. The molecule has 0 saturated carbocycles. The molecule has 4 nitrogen and oxygen atoms in total. The lowest BCUT2D eigenvalue weighted by atomic mass is 10.0. The fourth-order valence-corrected chi connectivity index (χ4v) is 2.83. The normalized spacial score (nSPS) is 22.1. The first-order valence-electron chi connectivity index (χ1n) is 6.94. The molecule has 106 valence electrons. The summed E-state index contributed by atoms with van der Waals surface area (Å²) in [5.41, 5.74) is 1.06. The highest BCUT2D eigenvalue weighted by molar-refractivity contribution is 6.32. The average Bonchev–Trinajstić information content (AvgIpc) is 2.41. The number of rotatable bonds is 3. The third-order valence-corrected chi connectivity index (χ3v) is 4.16. The molecule has 1 saturated heterocycles. The summed E-state index contributed by atoms with van der Waals surface area (Å²) in [6.45, 7) is 3.74. The first-order valence-corrected chi connectivity index (χ1v) is 7.32. The van der Waals surface area contributed by atoms with E-state index in [1.165, 1.54) is 24.2 Å². The van der Waals surface area contributed by atoms with Crippen molar-refractivity contribution in [2.45, 2.75) is 32.2 Å². The monoisotopic (exact) mass is 292 g/mol. The van der Waals surface area contributed by atoms with Crippen LogP contribution < -0.4 is 10.2 Å². The fraction of sp³-hybridized carbons (Fsp3) is 0.467. The molecule has 1 fully saturated rings. The predicted octanol–water partition coefficient (Wildman–Crippen LogP) is 1.61. The zero-order chi connectivity index (χ0) is 14.5. The van der Waals surface area contributed by atoms with Gasteiger partial charge in [0.25, 0.3) is 5.91 Å². The summed E-state index contributed by atoms with van der Waals surface area (Å²) in [4.78, 5) is 13.4. The van der Waals surface area contributed by atoms with Crippen LogP contribution in [0.25, 0.3) is 0 Å². The van der Waals surface area contributed by atoms with Gasteiger partial charge in [0.1, 0.15) is 6.07 Å². The topological polar surface area (TPSA) is 57.3 Å². The van der Waals surface area contributed by atoms with Gasteiger partial charge in [-0.05, 0) is 44.4 Å². The van der Waals surface area contributed by atoms with Crippen LogP contribution >= 0.6 is 11.6 Å². The van der Waals surface area contributed by atoms with Crippen LogP contribution in [0, 0.1) is 11.3 Å². The van der Waals surface area contributed by atoms with E-state index in [-0.39, 0.29) is 5.91 Å². The maximum Gasteiger partial charge on any atom is 0.279 e. The highest BCUT2D eigenvalue weighted by Crippen LogP contribution is 2.19. The minimum Gasteiger partial charge on any atom is -0.325 e. The van der Waals surface area contributed by atoms with E-state index in [4.69, 9.17) is 16.9 Å². The van der Waals surface area contributed by atoms with Gasteiger partial charge in [0, 0.05) is 5.69 Å². The molecule has 1 aliphatic rings. The highest BCUT2D eigenvalue weighted by Gasteiger charge is 2.24. The van der Waals surface area contributed by atoms with Crippen molar-refractivity contribution in [2.75, 3.05) is 18.4 Å². The van der Waals surface area contributed by atoms with Gasteiger partial charge in [0.15, 0.2) is 6.54 Å². The summed E-state index contributed by atoms with van der Waals surface area (Å²) in [5, 5.41) is 12.0. The van der Waals surface area contributed by atoms with Gasteiger partial charge in [-0.15, -0.1) is 0 Å². The Morgan fingerprint density at radius 1 is 1.55 bits per heavy atom. The van der Waals surface area contributed by atoms with Gasteiger partial charge in [-0.25, -0.2) is 0 Å². The van der Waals surface area contributed by atoms with E-state index in [1.54, 1.807) is 18.2 Å². The maximum absolute atomic E-state index is 12.1. The fourth-order valence-electron chi connectivity index (χ4n) is 2.61. The molecule has 2 N–H and O–H groups in total. The quantitative estimate of drug-likeness (QED) is 0.889. The van der Waals surface area contributed by atoms with Crippen LogP contribution in [0.4, 0.5) is 5.69 Å². The number of quaternary nitrogens is 1. The van der Waals surface area contributed by atoms with E-state index in [0.717, 1.165) is 6.54 Å². The summed E-state index contributed by atoms with van der Waals surface area (Å²) in [5.74, 6) is -0.00507. The van der Waals surface area contributed by atoms with Gasteiger partial charge in [-0.2, -0.15) is 5.26 Å². The number of hydrogen-bond acceptors (Lipinski definition) is 2. The number of nitrogens with one attached hydrogen (secondary N) is 2. The Bertz CT molecular complexity index is 538. The Balaban J connectivity index is 1.94. The van der Waals surface area contributed by atoms with Gasteiger partial charge >= 0.3 is 0 Å². The van der Waals surface area contributed by atoms with Crippen molar-refractivity contribution in [1.82, 2.24) is 0 Å². The molecule has 0 aromatic heterocycles. The van der Waals surface area contributed by atoms with Crippen molar-refractivity contribution in [3.05, 3.63) is 28.8 Å². The van der Waals surface area contributed by atoms with E-state index in [2.05, 4.69) is 12.2 Å². The largest absolute Gasteiger partial charge is 0.325 e. The first-order chi connectivity index (χ1) is 9.60. The molecular formula is C15H19ClN3O+. The molecule has 1 heterocycles. The van der Waals surface area contributed by atoms with E-state index < -0.39 is 0 Å². The summed E-state index contributed by atoms with van der Waals surface area (Å²) < 4.78 is 0. The second-order valence-corrected chi connectivity index (χ2v) is 5.74. The molecule has 0 bridgehead atoms. The number of piperidine rings is 1. The number of likely N-dealkylation sites (tertiary alicyclic amines) is 1.